The maximum atomic E-state index is 14.0. The van der Waals surface area contributed by atoms with Gasteiger partial charge in [0, 0.05) is 19.8 Å². The van der Waals surface area contributed by atoms with Crippen molar-refractivity contribution in [1.82, 2.24) is 0 Å². The highest BCUT2D eigenvalue weighted by Gasteiger charge is 2.45. The zero-order valence-corrected chi connectivity index (χ0v) is 21.9. The van der Waals surface area contributed by atoms with Crippen LogP contribution in [0.4, 0.5) is 22.7 Å². The second kappa shape index (κ2) is 10.6. The van der Waals surface area contributed by atoms with Crippen LogP contribution in [0.3, 0.4) is 0 Å². The van der Waals surface area contributed by atoms with Gasteiger partial charge in [-0.25, -0.2) is 14.7 Å². The van der Waals surface area contributed by atoms with E-state index >= 15 is 0 Å². The fraction of sp³-hybridized carbons (Fsp3) is 0.138. The van der Waals surface area contributed by atoms with E-state index in [2.05, 4.69) is 15.0 Å². The number of nitrogens with zero attached hydrogens (tertiary/aromatic N) is 5. The molecule has 0 saturated heterocycles. The van der Waals surface area contributed by atoms with Gasteiger partial charge in [0.1, 0.15) is 12.3 Å². The summed E-state index contributed by atoms with van der Waals surface area (Å²) in [6.45, 7) is 1.54. The smallest absolute Gasteiger partial charge is 0.335 e. The highest BCUT2D eigenvalue weighted by Crippen LogP contribution is 2.35. The van der Waals surface area contributed by atoms with Crippen LogP contribution >= 0.6 is 0 Å². The molecule has 2 amide bonds. The second-order valence-corrected chi connectivity index (χ2v) is 9.35. The predicted molar refractivity (Wildman–Crippen MR) is 150 cm³/mol. The molecule has 2 aliphatic heterocycles. The summed E-state index contributed by atoms with van der Waals surface area (Å²) < 4.78 is 0. The highest BCUT2D eigenvalue weighted by molar-refractivity contribution is 6.61. The molecular formula is C29H25N5O6. The molecule has 11 nitrogen and oxygen atoms in total. The average Bonchev–Trinajstić information content (AvgIpc) is 3.28. The van der Waals surface area contributed by atoms with Crippen LogP contribution in [0, 0.1) is 0 Å². The third-order valence-electron chi connectivity index (χ3n) is 6.52. The number of aliphatic imine (C=N–C) groups is 1. The molecule has 11 heteroatoms. The first kappa shape index (κ1) is 26.5. The van der Waals surface area contributed by atoms with E-state index < -0.39 is 17.8 Å². The molecule has 0 atom stereocenters. The van der Waals surface area contributed by atoms with Gasteiger partial charge in [-0.3, -0.25) is 19.7 Å². The van der Waals surface area contributed by atoms with E-state index in [0.717, 1.165) is 10.7 Å². The van der Waals surface area contributed by atoms with E-state index in [9.17, 15) is 19.5 Å². The van der Waals surface area contributed by atoms with Crippen LogP contribution in [-0.4, -0.2) is 53.8 Å². The van der Waals surface area contributed by atoms with Gasteiger partial charge in [-0.05, 0) is 72.7 Å². The van der Waals surface area contributed by atoms with Crippen LogP contribution in [-0.2, 0) is 21.1 Å². The Kier molecular flexibility index (Phi) is 6.99. The molecule has 0 unspecified atom stereocenters. The molecule has 0 fully saturated rings. The number of carbonyl (C=O) groups excluding carboxylic acids is 2. The minimum Gasteiger partial charge on any atom is -0.478 e. The molecule has 3 aromatic rings. The Hall–Kier alpha value is -5.13. The number of carbonyl (C=O) groups is 3. The number of amidine groups is 1. The van der Waals surface area contributed by atoms with Gasteiger partial charge in [0.25, 0.3) is 11.8 Å². The van der Waals surface area contributed by atoms with E-state index in [1.165, 1.54) is 23.1 Å². The highest BCUT2D eigenvalue weighted by atomic mass is 17.1. The number of anilines is 3. The van der Waals surface area contributed by atoms with E-state index in [1.54, 1.807) is 49.4 Å². The molecule has 40 heavy (non-hydrogen) atoms. The van der Waals surface area contributed by atoms with Crippen molar-refractivity contribution in [2.75, 3.05) is 28.9 Å². The molecule has 0 bridgehead atoms. The maximum Gasteiger partial charge on any atom is 0.335 e. The third kappa shape index (κ3) is 4.75. The van der Waals surface area contributed by atoms with Gasteiger partial charge in [-0.2, -0.15) is 5.01 Å². The van der Waals surface area contributed by atoms with E-state index in [4.69, 9.17) is 5.26 Å². The largest absolute Gasteiger partial charge is 0.478 e. The number of aromatic carboxylic acids is 1. The zero-order valence-electron chi connectivity index (χ0n) is 21.9. The zero-order chi connectivity index (χ0) is 28.6. The lowest BCUT2D eigenvalue weighted by Crippen LogP contribution is -2.47. The second-order valence-electron chi connectivity index (χ2n) is 9.35. The first-order valence-corrected chi connectivity index (χ1v) is 12.2. The Morgan fingerprint density at radius 2 is 1.68 bits per heavy atom. The number of benzene rings is 3. The molecular weight excluding hydrogens is 514 g/mol. The predicted octanol–water partition coefficient (Wildman–Crippen LogP) is 4.24. The monoisotopic (exact) mass is 539 g/mol. The molecule has 0 aromatic heterocycles. The summed E-state index contributed by atoms with van der Waals surface area (Å²) in [6, 6.07) is 19.8. The number of rotatable bonds is 7. The van der Waals surface area contributed by atoms with Gasteiger partial charge in [0.05, 0.1) is 28.2 Å². The molecule has 2 aliphatic rings. The van der Waals surface area contributed by atoms with Crippen molar-refractivity contribution in [3.63, 3.8) is 0 Å². The average molecular weight is 540 g/mol. The summed E-state index contributed by atoms with van der Waals surface area (Å²) in [7, 11) is 3.82. The quantitative estimate of drug-likeness (QED) is 0.339. The summed E-state index contributed by atoms with van der Waals surface area (Å²) in [5, 5.41) is 24.1. The van der Waals surface area contributed by atoms with Crippen molar-refractivity contribution in [3.8, 4) is 0 Å². The van der Waals surface area contributed by atoms with Crippen LogP contribution in [0.5, 0.6) is 0 Å². The normalized spacial score (nSPS) is 16.0. The van der Waals surface area contributed by atoms with Crippen LogP contribution < -0.4 is 14.8 Å². The Labute approximate surface area is 229 Å². The SMILES string of the molecule is CC1=C2C(=O)N(c3cccc(COO)c3)N=C2N(c2cccc(C(=O)O)c2)C(=O)C1=Nc1ccc(N(C)C)cc1. The molecule has 2 N–H and O–H groups in total. The number of amides is 2. The standard InChI is InChI=1S/C29H25N5O6/c1-17-24-26(31-34(27(24)35)23-9-4-6-18(14-23)16-40-39)33(22-8-5-7-19(15-22)29(37)38)28(36)25(17)30-20-10-12-21(13-11-20)32(2)3/h4-15,39H,16H2,1-3H3,(H,37,38). The fourth-order valence-electron chi connectivity index (χ4n) is 4.49. The summed E-state index contributed by atoms with van der Waals surface area (Å²) in [6.07, 6.45) is 0. The number of hydrogen-bond acceptors (Lipinski definition) is 8. The van der Waals surface area contributed by atoms with Gasteiger partial charge in [-0.15, -0.1) is 5.10 Å². The van der Waals surface area contributed by atoms with Crippen LogP contribution in [0.15, 0.2) is 94.0 Å². The number of carboxylic acid groups (broad SMARTS) is 1. The fourth-order valence-corrected chi connectivity index (χ4v) is 4.49. The molecule has 0 aliphatic carbocycles. The van der Waals surface area contributed by atoms with Crippen molar-refractivity contribution in [3.05, 3.63) is 95.1 Å². The number of hydrazone groups is 1. The number of hydrogen-bond donors (Lipinski definition) is 2. The van der Waals surface area contributed by atoms with Crippen molar-refractivity contribution >= 4 is 52.1 Å². The maximum absolute atomic E-state index is 14.0. The Morgan fingerprint density at radius 1 is 0.975 bits per heavy atom. The molecule has 5 rings (SSSR count). The summed E-state index contributed by atoms with van der Waals surface area (Å²) in [5.41, 5.74) is 3.17. The number of carboxylic acids is 1. The molecule has 202 valence electrons. The van der Waals surface area contributed by atoms with Crippen LogP contribution in [0.1, 0.15) is 22.8 Å². The van der Waals surface area contributed by atoms with Gasteiger partial charge in [-0.1, -0.05) is 18.2 Å². The summed E-state index contributed by atoms with van der Waals surface area (Å²) in [4.78, 5) is 51.4. The lowest BCUT2D eigenvalue weighted by atomic mass is 9.96. The first-order chi connectivity index (χ1) is 19.2. The Bertz CT molecular complexity index is 1620. The van der Waals surface area contributed by atoms with E-state index in [-0.39, 0.29) is 35.0 Å². The third-order valence-corrected chi connectivity index (χ3v) is 6.52. The first-order valence-electron chi connectivity index (χ1n) is 12.2. The van der Waals surface area contributed by atoms with Crippen LogP contribution in [0.2, 0.25) is 0 Å². The van der Waals surface area contributed by atoms with Crippen molar-refractivity contribution in [2.45, 2.75) is 13.5 Å². The minimum atomic E-state index is -1.16. The molecule has 3 aromatic carbocycles. The number of fused-ring (bicyclic) bond motifs is 1. The molecule has 2 heterocycles. The van der Waals surface area contributed by atoms with Crippen LogP contribution in [0.25, 0.3) is 0 Å². The van der Waals surface area contributed by atoms with E-state index in [1.807, 2.05) is 31.1 Å². The Morgan fingerprint density at radius 3 is 2.35 bits per heavy atom. The molecule has 0 saturated carbocycles. The van der Waals surface area contributed by atoms with Gasteiger partial charge in [0.15, 0.2) is 5.84 Å². The molecule has 0 spiro atoms. The van der Waals surface area contributed by atoms with Gasteiger partial charge in [0.2, 0.25) is 0 Å². The Balaban J connectivity index is 1.68. The lowest BCUT2D eigenvalue weighted by Gasteiger charge is -2.28. The van der Waals surface area contributed by atoms with Gasteiger partial charge < -0.3 is 10.0 Å². The molecule has 0 radical (unpaired) electrons. The van der Waals surface area contributed by atoms with Crippen molar-refractivity contribution in [1.29, 1.82) is 0 Å². The van der Waals surface area contributed by atoms with Gasteiger partial charge >= 0.3 is 5.97 Å². The van der Waals surface area contributed by atoms with E-state index in [0.29, 0.717) is 22.5 Å². The van der Waals surface area contributed by atoms with Crippen molar-refractivity contribution in [2.24, 2.45) is 10.1 Å². The summed E-state index contributed by atoms with van der Waals surface area (Å²) >= 11 is 0. The topological polar surface area (TPSA) is 135 Å². The summed E-state index contributed by atoms with van der Waals surface area (Å²) in [5.74, 6) is -2.16. The minimum absolute atomic E-state index is 0.0323. The lowest BCUT2D eigenvalue weighted by molar-refractivity contribution is -0.253. The van der Waals surface area contributed by atoms with Crippen molar-refractivity contribution < 1.29 is 29.6 Å².